The summed E-state index contributed by atoms with van der Waals surface area (Å²) in [6.45, 7) is 7.21. The Morgan fingerprint density at radius 1 is 0.966 bits per heavy atom. The van der Waals surface area contributed by atoms with Gasteiger partial charge in [0.25, 0.3) is 0 Å². The number of aromatic nitrogens is 3. The lowest BCUT2D eigenvalue weighted by Crippen LogP contribution is -2.44. The fraction of sp³-hybridized carbons (Fsp3) is 0.318. The van der Waals surface area contributed by atoms with Crippen molar-refractivity contribution in [2.75, 3.05) is 54.9 Å². The average Bonchev–Trinajstić information content (AvgIpc) is 2.77. The van der Waals surface area contributed by atoms with Gasteiger partial charge in [0.2, 0.25) is 5.95 Å². The quantitative estimate of drug-likeness (QED) is 0.692. The van der Waals surface area contributed by atoms with E-state index in [9.17, 15) is 0 Å². The smallest absolute Gasteiger partial charge is 0.249 e. The van der Waals surface area contributed by atoms with E-state index in [-0.39, 0.29) is 0 Å². The first kappa shape index (κ1) is 19.1. The summed E-state index contributed by atoms with van der Waals surface area (Å²) in [5.41, 5.74) is 3.28. The Hall–Kier alpha value is -3.19. The maximum atomic E-state index is 4.66. The van der Waals surface area contributed by atoms with Gasteiger partial charge in [-0.15, -0.1) is 5.10 Å². The molecule has 0 unspecified atom stereocenters. The van der Waals surface area contributed by atoms with Crippen LogP contribution in [0.25, 0.3) is 0 Å². The van der Waals surface area contributed by atoms with E-state index >= 15 is 0 Å². The SMILES string of the molecule is CCN(c1ccccc1)c1cnnc(Nc2ccc(N3CCN(C)CC3)cc2)n1. The lowest BCUT2D eigenvalue weighted by atomic mass is 10.2. The van der Waals surface area contributed by atoms with Crippen molar-refractivity contribution in [3.8, 4) is 0 Å². The molecule has 1 aliphatic rings. The third-order valence-electron chi connectivity index (χ3n) is 5.20. The molecule has 1 fully saturated rings. The molecule has 150 valence electrons. The highest BCUT2D eigenvalue weighted by atomic mass is 15.3. The fourth-order valence-corrected chi connectivity index (χ4v) is 3.51. The van der Waals surface area contributed by atoms with Crippen molar-refractivity contribution in [2.45, 2.75) is 6.92 Å². The summed E-state index contributed by atoms with van der Waals surface area (Å²) >= 11 is 0. The van der Waals surface area contributed by atoms with Gasteiger partial charge in [0.15, 0.2) is 5.82 Å². The van der Waals surface area contributed by atoms with Crippen LogP contribution in [0.5, 0.6) is 0 Å². The summed E-state index contributed by atoms with van der Waals surface area (Å²) in [7, 11) is 2.17. The molecule has 2 aromatic carbocycles. The van der Waals surface area contributed by atoms with Gasteiger partial charge >= 0.3 is 0 Å². The second-order valence-electron chi connectivity index (χ2n) is 7.18. The van der Waals surface area contributed by atoms with Crippen LogP contribution in [0.1, 0.15) is 6.92 Å². The van der Waals surface area contributed by atoms with Gasteiger partial charge in [0, 0.05) is 49.8 Å². The molecule has 0 saturated carbocycles. The minimum atomic E-state index is 0.490. The predicted molar refractivity (Wildman–Crippen MR) is 118 cm³/mol. The number of piperazine rings is 1. The number of anilines is 5. The molecule has 1 N–H and O–H groups in total. The van der Waals surface area contributed by atoms with E-state index in [4.69, 9.17) is 0 Å². The monoisotopic (exact) mass is 389 g/mol. The molecule has 7 nitrogen and oxygen atoms in total. The number of para-hydroxylation sites is 1. The van der Waals surface area contributed by atoms with Crippen molar-refractivity contribution in [1.29, 1.82) is 0 Å². The van der Waals surface area contributed by atoms with Crippen molar-refractivity contribution in [3.05, 3.63) is 60.8 Å². The van der Waals surface area contributed by atoms with E-state index in [1.807, 2.05) is 18.2 Å². The number of nitrogens with zero attached hydrogens (tertiary/aromatic N) is 6. The summed E-state index contributed by atoms with van der Waals surface area (Å²) in [6.07, 6.45) is 1.69. The molecule has 0 aliphatic carbocycles. The van der Waals surface area contributed by atoms with Gasteiger partial charge in [-0.25, -0.2) is 0 Å². The number of nitrogens with one attached hydrogen (secondary N) is 1. The summed E-state index contributed by atoms with van der Waals surface area (Å²) in [5, 5.41) is 11.6. The Morgan fingerprint density at radius 2 is 1.69 bits per heavy atom. The highest BCUT2D eigenvalue weighted by Crippen LogP contribution is 2.24. The van der Waals surface area contributed by atoms with Crippen molar-refractivity contribution in [1.82, 2.24) is 20.1 Å². The highest BCUT2D eigenvalue weighted by molar-refractivity contribution is 5.62. The average molecular weight is 390 g/mol. The largest absolute Gasteiger partial charge is 0.369 e. The summed E-state index contributed by atoms with van der Waals surface area (Å²) in [6, 6.07) is 18.6. The molecule has 0 atom stereocenters. The van der Waals surface area contributed by atoms with Crippen LogP contribution in [-0.4, -0.2) is 59.9 Å². The van der Waals surface area contributed by atoms with Crippen molar-refractivity contribution in [2.24, 2.45) is 0 Å². The first-order valence-corrected chi connectivity index (χ1v) is 10.1. The third kappa shape index (κ3) is 4.63. The van der Waals surface area contributed by atoms with Gasteiger partial charge in [-0.3, -0.25) is 0 Å². The van der Waals surface area contributed by atoms with Crippen molar-refractivity contribution < 1.29 is 0 Å². The van der Waals surface area contributed by atoms with Crippen LogP contribution in [0, 0.1) is 0 Å². The molecule has 1 aliphatic heterocycles. The van der Waals surface area contributed by atoms with E-state index in [2.05, 4.69) is 85.6 Å². The number of likely N-dealkylation sites (N-methyl/N-ethyl adjacent to an activating group) is 1. The highest BCUT2D eigenvalue weighted by Gasteiger charge is 2.14. The van der Waals surface area contributed by atoms with Crippen LogP contribution in [0.15, 0.2) is 60.8 Å². The molecule has 2 heterocycles. The first-order valence-electron chi connectivity index (χ1n) is 10.1. The molecule has 0 radical (unpaired) electrons. The summed E-state index contributed by atoms with van der Waals surface area (Å²) < 4.78 is 0. The van der Waals surface area contributed by atoms with E-state index in [1.54, 1.807) is 6.20 Å². The Balaban J connectivity index is 1.46. The summed E-state index contributed by atoms with van der Waals surface area (Å²) in [5.74, 6) is 1.26. The van der Waals surface area contributed by atoms with Gasteiger partial charge in [0.05, 0.1) is 6.20 Å². The minimum absolute atomic E-state index is 0.490. The number of benzene rings is 2. The molecule has 1 aromatic heterocycles. The van der Waals surface area contributed by atoms with Crippen molar-refractivity contribution >= 4 is 28.8 Å². The van der Waals surface area contributed by atoms with Crippen LogP contribution < -0.4 is 15.1 Å². The Bertz CT molecular complexity index is 906. The zero-order chi connectivity index (χ0) is 20.1. The molecule has 0 bridgehead atoms. The molecular formula is C22H27N7. The number of hydrogen-bond acceptors (Lipinski definition) is 7. The minimum Gasteiger partial charge on any atom is -0.369 e. The maximum absolute atomic E-state index is 4.66. The molecule has 7 heteroatoms. The second kappa shape index (κ2) is 8.87. The van der Waals surface area contributed by atoms with Gasteiger partial charge in [0.1, 0.15) is 0 Å². The Kier molecular flexibility index (Phi) is 5.86. The van der Waals surface area contributed by atoms with Crippen LogP contribution >= 0.6 is 0 Å². The standard InChI is InChI=1S/C22H27N7/c1-3-29(20-7-5-4-6-8-20)21-17-23-26-22(25-21)24-18-9-11-19(12-10-18)28-15-13-27(2)14-16-28/h4-12,17H,3,13-16H2,1-2H3,(H,24,25,26). The molecular weight excluding hydrogens is 362 g/mol. The van der Waals surface area contributed by atoms with Gasteiger partial charge in [-0.05, 0) is 50.4 Å². The lowest BCUT2D eigenvalue weighted by molar-refractivity contribution is 0.313. The van der Waals surface area contributed by atoms with Gasteiger partial charge < -0.3 is 20.0 Å². The van der Waals surface area contributed by atoms with Gasteiger partial charge in [-0.1, -0.05) is 18.2 Å². The number of rotatable bonds is 6. The van der Waals surface area contributed by atoms with Crippen LogP contribution in [0.4, 0.5) is 28.8 Å². The zero-order valence-corrected chi connectivity index (χ0v) is 17.0. The normalized spacial score (nSPS) is 14.6. The Labute approximate surface area is 172 Å². The van der Waals surface area contributed by atoms with E-state index in [0.717, 1.165) is 49.9 Å². The molecule has 0 amide bonds. The van der Waals surface area contributed by atoms with Gasteiger partial charge in [-0.2, -0.15) is 10.1 Å². The topological polar surface area (TPSA) is 60.4 Å². The van der Waals surface area contributed by atoms with Crippen LogP contribution in [0.2, 0.25) is 0 Å². The fourth-order valence-electron chi connectivity index (χ4n) is 3.51. The second-order valence-corrected chi connectivity index (χ2v) is 7.18. The first-order chi connectivity index (χ1) is 14.2. The zero-order valence-electron chi connectivity index (χ0n) is 17.0. The van der Waals surface area contributed by atoms with Crippen LogP contribution in [0.3, 0.4) is 0 Å². The molecule has 4 rings (SSSR count). The predicted octanol–water partition coefficient (Wildman–Crippen LogP) is 3.53. The van der Waals surface area contributed by atoms with E-state index in [1.165, 1.54) is 5.69 Å². The number of hydrogen-bond donors (Lipinski definition) is 1. The molecule has 3 aromatic rings. The molecule has 29 heavy (non-hydrogen) atoms. The summed E-state index contributed by atoms with van der Waals surface area (Å²) in [4.78, 5) is 11.5. The molecule has 1 saturated heterocycles. The van der Waals surface area contributed by atoms with Crippen molar-refractivity contribution in [3.63, 3.8) is 0 Å². The molecule has 0 spiro atoms. The Morgan fingerprint density at radius 3 is 2.38 bits per heavy atom. The van der Waals surface area contributed by atoms with E-state index in [0.29, 0.717) is 5.95 Å². The maximum Gasteiger partial charge on any atom is 0.249 e. The van der Waals surface area contributed by atoms with E-state index < -0.39 is 0 Å². The van der Waals surface area contributed by atoms with Crippen LogP contribution in [-0.2, 0) is 0 Å². The lowest BCUT2D eigenvalue weighted by Gasteiger charge is -2.34. The third-order valence-corrected chi connectivity index (χ3v) is 5.20.